The van der Waals surface area contributed by atoms with Crippen molar-refractivity contribution in [1.82, 2.24) is 0 Å². The second-order valence-corrected chi connectivity index (χ2v) is 8.00. The zero-order valence-electron chi connectivity index (χ0n) is 14.9. The summed E-state index contributed by atoms with van der Waals surface area (Å²) in [5, 5.41) is 3.91. The van der Waals surface area contributed by atoms with Crippen LogP contribution in [-0.2, 0) is 10.8 Å². The lowest BCUT2D eigenvalue weighted by atomic mass is 9.84. The Kier molecular flexibility index (Phi) is 4.53. The molecule has 0 radical (unpaired) electrons. The van der Waals surface area contributed by atoms with Crippen LogP contribution in [-0.4, -0.2) is 0 Å². The summed E-state index contributed by atoms with van der Waals surface area (Å²) in [6.45, 7) is 13.1. The van der Waals surface area contributed by atoms with Crippen molar-refractivity contribution in [3.63, 3.8) is 0 Å². The van der Waals surface area contributed by atoms with Gasteiger partial charge >= 0.3 is 0 Å². The van der Waals surface area contributed by atoms with E-state index in [2.05, 4.69) is 88.0 Å². The minimum atomic E-state index is 0.0222. The van der Waals surface area contributed by atoms with Gasteiger partial charge in [-0.15, -0.1) is 0 Å². The number of nitrogens with zero attached hydrogens (tertiary/aromatic N) is 3. The lowest BCUT2D eigenvalue weighted by Crippen LogP contribution is -2.11. The van der Waals surface area contributed by atoms with Crippen molar-refractivity contribution in [3.05, 3.63) is 64.0 Å². The van der Waals surface area contributed by atoms with Crippen molar-refractivity contribution < 1.29 is 0 Å². The molecule has 2 aromatic carbocycles. The van der Waals surface area contributed by atoms with Gasteiger partial charge in [0.25, 0.3) is 0 Å². The first-order chi connectivity index (χ1) is 10.6. The summed E-state index contributed by atoms with van der Waals surface area (Å²) < 4.78 is 0. The van der Waals surface area contributed by atoms with Crippen molar-refractivity contribution in [2.24, 2.45) is 5.11 Å². The van der Waals surface area contributed by atoms with E-state index in [4.69, 9.17) is 5.53 Å². The van der Waals surface area contributed by atoms with E-state index < -0.39 is 0 Å². The monoisotopic (exact) mass is 307 g/mol. The van der Waals surface area contributed by atoms with Crippen molar-refractivity contribution in [2.75, 3.05) is 0 Å². The first-order valence-electron chi connectivity index (χ1n) is 7.93. The molecule has 3 nitrogen and oxygen atoms in total. The third-order valence-electron chi connectivity index (χ3n) is 4.08. The van der Waals surface area contributed by atoms with E-state index in [0.717, 1.165) is 16.7 Å². The van der Waals surface area contributed by atoms with Gasteiger partial charge < -0.3 is 0 Å². The lowest BCUT2D eigenvalue weighted by Gasteiger charge is -2.21. The Morgan fingerprint density at radius 3 is 1.78 bits per heavy atom. The minimum Gasteiger partial charge on any atom is -0.0601 e. The Bertz CT molecular complexity index is 738. The van der Waals surface area contributed by atoms with Crippen LogP contribution in [0.25, 0.3) is 21.6 Å². The third-order valence-corrected chi connectivity index (χ3v) is 4.08. The van der Waals surface area contributed by atoms with Crippen molar-refractivity contribution in [2.45, 2.75) is 52.4 Å². The van der Waals surface area contributed by atoms with Gasteiger partial charge in [-0.25, -0.2) is 0 Å². The van der Waals surface area contributed by atoms with Crippen LogP contribution < -0.4 is 0 Å². The molecule has 0 amide bonds. The summed E-state index contributed by atoms with van der Waals surface area (Å²) in [5.74, 6) is 0. The maximum Gasteiger partial charge on any atom is 0.0456 e. The van der Waals surface area contributed by atoms with E-state index in [1.165, 1.54) is 5.56 Å². The molecule has 0 bridgehead atoms. The van der Waals surface area contributed by atoms with E-state index in [1.54, 1.807) is 0 Å². The molecule has 0 heterocycles. The summed E-state index contributed by atoms with van der Waals surface area (Å²) in [6, 6.07) is 14.7. The molecule has 0 atom stereocenters. The van der Waals surface area contributed by atoms with Gasteiger partial charge in [0.05, 0.1) is 0 Å². The Hall–Kier alpha value is -2.25. The molecule has 0 unspecified atom stereocenters. The zero-order valence-corrected chi connectivity index (χ0v) is 14.9. The van der Waals surface area contributed by atoms with Gasteiger partial charge in [0.1, 0.15) is 0 Å². The van der Waals surface area contributed by atoms with Crippen LogP contribution in [0.1, 0.15) is 52.7 Å². The highest BCUT2D eigenvalue weighted by molar-refractivity contribution is 5.76. The van der Waals surface area contributed by atoms with Crippen LogP contribution in [0.3, 0.4) is 0 Å². The summed E-state index contributed by atoms with van der Waals surface area (Å²) in [7, 11) is 0. The molecule has 0 aromatic heterocycles. The molecule has 2 rings (SSSR count). The van der Waals surface area contributed by atoms with Gasteiger partial charge in [-0.1, -0.05) is 83.1 Å². The second-order valence-electron chi connectivity index (χ2n) is 8.00. The number of benzene rings is 2. The van der Waals surface area contributed by atoms with Crippen LogP contribution in [0.15, 0.2) is 47.6 Å². The van der Waals surface area contributed by atoms with Crippen molar-refractivity contribution in [1.29, 1.82) is 0 Å². The highest BCUT2D eigenvalue weighted by atomic mass is 15.1. The van der Waals surface area contributed by atoms with Crippen LogP contribution in [0.5, 0.6) is 0 Å². The Morgan fingerprint density at radius 1 is 0.783 bits per heavy atom. The standard InChI is InChI=1S/C20H25N3/c1-19(2,3)15-9-7-14(8-10-15)17-12-11-16(20(4,5)6)13-18(17)22-23-21/h7-13H,1-6H3. The quantitative estimate of drug-likeness (QED) is 0.329. The topological polar surface area (TPSA) is 48.8 Å². The molecule has 120 valence electrons. The Balaban J connectivity index is 2.52. The number of hydrogen-bond donors (Lipinski definition) is 0. The van der Waals surface area contributed by atoms with E-state index in [-0.39, 0.29) is 10.8 Å². The fraction of sp³-hybridized carbons (Fsp3) is 0.400. The van der Waals surface area contributed by atoms with Gasteiger partial charge in [0.2, 0.25) is 0 Å². The maximum absolute atomic E-state index is 8.89. The molecule has 0 aliphatic rings. The molecule has 0 saturated heterocycles. The summed E-state index contributed by atoms with van der Waals surface area (Å²) in [6.07, 6.45) is 0. The summed E-state index contributed by atoms with van der Waals surface area (Å²) in [5.41, 5.74) is 14.2. The SMILES string of the molecule is CC(C)(C)c1ccc(-c2ccc(C(C)(C)C)cc2N=[N+]=[N-])cc1. The second kappa shape index (κ2) is 6.10. The van der Waals surface area contributed by atoms with Crippen LogP contribution >= 0.6 is 0 Å². The van der Waals surface area contributed by atoms with Crippen molar-refractivity contribution >= 4 is 5.69 Å². The normalized spacial score (nSPS) is 11.9. The maximum atomic E-state index is 8.89. The molecule has 23 heavy (non-hydrogen) atoms. The Labute approximate surface area is 139 Å². The van der Waals surface area contributed by atoms with Gasteiger partial charge in [0.15, 0.2) is 0 Å². The van der Waals surface area contributed by atoms with Crippen molar-refractivity contribution in [3.8, 4) is 11.1 Å². The number of azide groups is 1. The highest BCUT2D eigenvalue weighted by Gasteiger charge is 2.17. The Morgan fingerprint density at radius 2 is 1.30 bits per heavy atom. The fourth-order valence-corrected chi connectivity index (χ4v) is 2.52. The van der Waals surface area contributed by atoms with Gasteiger partial charge in [-0.2, -0.15) is 0 Å². The van der Waals surface area contributed by atoms with E-state index in [1.807, 2.05) is 6.07 Å². The van der Waals surface area contributed by atoms with Gasteiger partial charge in [-0.05, 0) is 44.7 Å². The number of rotatable bonds is 2. The predicted molar refractivity (Wildman–Crippen MR) is 98.1 cm³/mol. The molecule has 0 aliphatic heterocycles. The molecule has 0 fully saturated rings. The van der Waals surface area contributed by atoms with Crippen LogP contribution in [0, 0.1) is 0 Å². The van der Waals surface area contributed by atoms with Gasteiger partial charge in [0, 0.05) is 10.6 Å². The molecule has 0 saturated carbocycles. The molecule has 2 aromatic rings. The van der Waals surface area contributed by atoms with Crippen LogP contribution in [0.4, 0.5) is 5.69 Å². The molecule has 0 aliphatic carbocycles. The lowest BCUT2D eigenvalue weighted by molar-refractivity contribution is 0.590. The van der Waals surface area contributed by atoms with Crippen LogP contribution in [0.2, 0.25) is 0 Å². The molecular formula is C20H25N3. The minimum absolute atomic E-state index is 0.0222. The first-order valence-corrected chi connectivity index (χ1v) is 7.93. The first kappa shape index (κ1) is 17.1. The molecular weight excluding hydrogens is 282 g/mol. The zero-order chi connectivity index (χ0) is 17.3. The molecule has 3 heteroatoms. The molecule has 0 N–H and O–H groups in total. The largest absolute Gasteiger partial charge is 0.0601 e. The van der Waals surface area contributed by atoms with E-state index in [9.17, 15) is 0 Å². The van der Waals surface area contributed by atoms with E-state index >= 15 is 0 Å². The summed E-state index contributed by atoms with van der Waals surface area (Å²) >= 11 is 0. The summed E-state index contributed by atoms with van der Waals surface area (Å²) in [4.78, 5) is 3.00. The highest BCUT2D eigenvalue weighted by Crippen LogP contribution is 2.36. The predicted octanol–water partition coefficient (Wildman–Crippen LogP) is 6.89. The van der Waals surface area contributed by atoms with Gasteiger partial charge in [-0.3, -0.25) is 0 Å². The molecule has 0 spiro atoms. The smallest absolute Gasteiger partial charge is 0.0456 e. The fourth-order valence-electron chi connectivity index (χ4n) is 2.52. The number of hydrogen-bond acceptors (Lipinski definition) is 1. The third kappa shape index (κ3) is 3.94. The van der Waals surface area contributed by atoms with E-state index in [0.29, 0.717) is 5.69 Å². The average Bonchev–Trinajstić information content (AvgIpc) is 2.46. The average molecular weight is 307 g/mol.